The van der Waals surface area contributed by atoms with E-state index in [0.29, 0.717) is 6.42 Å². The molecule has 158 valence electrons. The topological polar surface area (TPSA) is 74.3 Å². The van der Waals surface area contributed by atoms with Gasteiger partial charge in [-0.15, -0.1) is 0 Å². The molecule has 0 aliphatic carbocycles. The lowest BCUT2D eigenvalue weighted by atomic mass is 9.91. The number of alkyl halides is 2. The average molecular weight is 413 g/mol. The van der Waals surface area contributed by atoms with Gasteiger partial charge in [0.25, 0.3) is 6.43 Å². The Balaban J connectivity index is 2.27. The van der Waals surface area contributed by atoms with Gasteiger partial charge in [0.05, 0.1) is 5.54 Å². The van der Waals surface area contributed by atoms with Crippen LogP contribution in [-0.2, 0) is 0 Å². The van der Waals surface area contributed by atoms with Gasteiger partial charge in [-0.05, 0) is 43.0 Å². The molecule has 2 aromatic rings. The van der Waals surface area contributed by atoms with E-state index in [0.717, 1.165) is 24.4 Å². The van der Waals surface area contributed by atoms with Crippen LogP contribution in [0.5, 0.6) is 5.75 Å². The molecule has 29 heavy (non-hydrogen) atoms. The number of carboxylic acid groups (broad SMARTS) is 1. The van der Waals surface area contributed by atoms with E-state index in [1.165, 1.54) is 6.07 Å². The standard InChI is InChI=1S/C20H22F4N2O3/c1-11(2)9-20(3,26-19(27)28)10-29-17-8-14(21)13(7-15(17)22)12-4-5-25-16(6-12)18(23)24/h4-8,11,18,26H,9-10H2,1-3H3,(H,27,28)/p-1. The van der Waals surface area contributed by atoms with E-state index in [1.807, 2.05) is 13.8 Å². The van der Waals surface area contributed by atoms with Gasteiger partial charge < -0.3 is 20.0 Å². The van der Waals surface area contributed by atoms with Crippen molar-refractivity contribution < 1.29 is 32.2 Å². The van der Waals surface area contributed by atoms with E-state index >= 15 is 0 Å². The van der Waals surface area contributed by atoms with Crippen LogP contribution in [0, 0.1) is 17.6 Å². The highest BCUT2D eigenvalue weighted by Crippen LogP contribution is 2.31. The second-order valence-corrected chi connectivity index (χ2v) is 7.39. The number of nitrogens with one attached hydrogen (secondary N) is 1. The molecule has 0 saturated carbocycles. The Morgan fingerprint density at radius 3 is 2.52 bits per heavy atom. The minimum atomic E-state index is -2.85. The van der Waals surface area contributed by atoms with Crippen LogP contribution in [0.25, 0.3) is 11.1 Å². The van der Waals surface area contributed by atoms with Crippen LogP contribution in [0.2, 0.25) is 0 Å². The summed E-state index contributed by atoms with van der Waals surface area (Å²) in [6.07, 6.45) is -2.90. The predicted molar refractivity (Wildman–Crippen MR) is 96.4 cm³/mol. The molecule has 1 aromatic heterocycles. The Labute approximate surface area is 165 Å². The van der Waals surface area contributed by atoms with Crippen molar-refractivity contribution in [2.75, 3.05) is 6.61 Å². The molecule has 1 heterocycles. The predicted octanol–water partition coefficient (Wildman–Crippen LogP) is 4.08. The molecule has 9 heteroatoms. The first kappa shape index (κ1) is 22.4. The number of carbonyl (C=O) groups excluding carboxylic acids is 1. The van der Waals surface area contributed by atoms with Crippen molar-refractivity contribution in [2.45, 2.75) is 39.2 Å². The number of hydrogen-bond acceptors (Lipinski definition) is 4. The molecule has 2 rings (SSSR count). The van der Waals surface area contributed by atoms with Gasteiger partial charge in [0.15, 0.2) is 11.6 Å². The molecule has 1 N–H and O–H groups in total. The third-order valence-electron chi connectivity index (χ3n) is 4.15. The first-order chi connectivity index (χ1) is 13.5. The number of rotatable bonds is 8. The van der Waals surface area contributed by atoms with E-state index in [1.54, 1.807) is 6.92 Å². The highest BCUT2D eigenvalue weighted by molar-refractivity contribution is 5.65. The highest BCUT2D eigenvalue weighted by Gasteiger charge is 2.27. The summed E-state index contributed by atoms with van der Waals surface area (Å²) in [5.74, 6) is -2.14. The van der Waals surface area contributed by atoms with Gasteiger partial charge >= 0.3 is 0 Å². The lowest BCUT2D eigenvalue weighted by Gasteiger charge is -2.33. The van der Waals surface area contributed by atoms with Crippen molar-refractivity contribution in [3.8, 4) is 16.9 Å². The summed E-state index contributed by atoms with van der Waals surface area (Å²) in [5, 5.41) is 13.2. The third-order valence-corrected chi connectivity index (χ3v) is 4.15. The minimum absolute atomic E-state index is 0.0431. The first-order valence-corrected chi connectivity index (χ1v) is 8.86. The maximum Gasteiger partial charge on any atom is 0.280 e. The van der Waals surface area contributed by atoms with Gasteiger partial charge in [0.1, 0.15) is 24.2 Å². The summed E-state index contributed by atoms with van der Waals surface area (Å²) < 4.78 is 59.9. The largest absolute Gasteiger partial charge is 0.530 e. The molecular weight excluding hydrogens is 392 g/mol. The smallest absolute Gasteiger partial charge is 0.280 e. The van der Waals surface area contributed by atoms with Gasteiger partial charge in [-0.25, -0.2) is 17.6 Å². The summed E-state index contributed by atoms with van der Waals surface area (Å²) in [6.45, 7) is 5.03. The van der Waals surface area contributed by atoms with Gasteiger partial charge in [-0.3, -0.25) is 4.98 Å². The molecular formula is C20H21F4N2O3-. The summed E-state index contributed by atoms with van der Waals surface area (Å²) in [6, 6.07) is 3.89. The molecule has 0 aliphatic heterocycles. The van der Waals surface area contributed by atoms with Crippen molar-refractivity contribution in [3.05, 3.63) is 47.8 Å². The molecule has 0 spiro atoms. The zero-order valence-electron chi connectivity index (χ0n) is 16.1. The van der Waals surface area contributed by atoms with Crippen LogP contribution in [0.3, 0.4) is 0 Å². The van der Waals surface area contributed by atoms with Crippen molar-refractivity contribution >= 4 is 6.09 Å². The molecule has 0 aliphatic rings. The first-order valence-electron chi connectivity index (χ1n) is 8.86. The lowest BCUT2D eigenvalue weighted by molar-refractivity contribution is -0.253. The molecule has 1 unspecified atom stereocenters. The fourth-order valence-electron chi connectivity index (χ4n) is 3.13. The van der Waals surface area contributed by atoms with E-state index in [4.69, 9.17) is 4.74 Å². The molecule has 1 aromatic carbocycles. The monoisotopic (exact) mass is 413 g/mol. The number of aromatic nitrogens is 1. The number of amides is 1. The van der Waals surface area contributed by atoms with Gasteiger partial charge in [0.2, 0.25) is 0 Å². The van der Waals surface area contributed by atoms with Crippen molar-refractivity contribution in [3.63, 3.8) is 0 Å². The summed E-state index contributed by atoms with van der Waals surface area (Å²) >= 11 is 0. The van der Waals surface area contributed by atoms with Crippen LogP contribution < -0.4 is 15.2 Å². The van der Waals surface area contributed by atoms with Gasteiger partial charge in [-0.1, -0.05) is 13.8 Å². The van der Waals surface area contributed by atoms with Crippen molar-refractivity contribution in [2.24, 2.45) is 5.92 Å². The zero-order valence-corrected chi connectivity index (χ0v) is 16.1. The number of pyridine rings is 1. The fraction of sp³-hybridized carbons (Fsp3) is 0.400. The Kier molecular flexibility index (Phi) is 7.05. The van der Waals surface area contributed by atoms with Crippen LogP contribution >= 0.6 is 0 Å². The maximum atomic E-state index is 14.5. The molecule has 1 amide bonds. The second-order valence-electron chi connectivity index (χ2n) is 7.39. The molecule has 0 radical (unpaired) electrons. The Hall–Kier alpha value is -2.84. The van der Waals surface area contributed by atoms with Crippen LogP contribution in [0.4, 0.5) is 22.4 Å². The fourth-order valence-corrected chi connectivity index (χ4v) is 3.13. The summed E-state index contributed by atoms with van der Waals surface area (Å²) in [7, 11) is 0. The quantitative estimate of drug-likeness (QED) is 0.662. The maximum absolute atomic E-state index is 14.5. The van der Waals surface area contributed by atoms with Gasteiger partial charge in [-0.2, -0.15) is 0 Å². The van der Waals surface area contributed by atoms with Crippen molar-refractivity contribution in [1.29, 1.82) is 0 Å². The Bertz CT molecular complexity index is 877. The van der Waals surface area contributed by atoms with E-state index < -0.39 is 41.1 Å². The number of benzene rings is 1. The Morgan fingerprint density at radius 1 is 1.24 bits per heavy atom. The van der Waals surface area contributed by atoms with E-state index in [-0.39, 0.29) is 23.7 Å². The number of hydrogen-bond donors (Lipinski definition) is 1. The molecule has 0 fully saturated rings. The number of nitrogens with zero attached hydrogens (tertiary/aromatic N) is 1. The molecule has 0 bridgehead atoms. The molecule has 5 nitrogen and oxygen atoms in total. The Morgan fingerprint density at radius 2 is 1.93 bits per heavy atom. The minimum Gasteiger partial charge on any atom is -0.530 e. The summed E-state index contributed by atoms with van der Waals surface area (Å²) in [5.41, 5.74) is -1.81. The molecule has 1 atom stereocenters. The molecule has 0 saturated heterocycles. The van der Waals surface area contributed by atoms with Crippen LogP contribution in [0.1, 0.15) is 39.3 Å². The normalized spacial score (nSPS) is 13.4. The van der Waals surface area contributed by atoms with E-state index in [9.17, 15) is 27.5 Å². The number of ether oxygens (including phenoxy) is 1. The van der Waals surface area contributed by atoms with E-state index in [2.05, 4.69) is 10.3 Å². The third kappa shape index (κ3) is 6.07. The van der Waals surface area contributed by atoms with Crippen LogP contribution in [-0.4, -0.2) is 23.2 Å². The van der Waals surface area contributed by atoms with Crippen molar-refractivity contribution in [1.82, 2.24) is 10.3 Å². The number of carbonyl (C=O) groups is 1. The second kappa shape index (κ2) is 9.11. The average Bonchev–Trinajstić information content (AvgIpc) is 2.60. The number of halogens is 4. The highest BCUT2D eigenvalue weighted by atomic mass is 19.3. The zero-order chi connectivity index (χ0) is 21.8. The summed E-state index contributed by atoms with van der Waals surface area (Å²) in [4.78, 5) is 14.4. The van der Waals surface area contributed by atoms with Crippen LogP contribution in [0.15, 0.2) is 30.5 Å². The van der Waals surface area contributed by atoms with Gasteiger partial charge in [0, 0.05) is 17.8 Å². The lowest BCUT2D eigenvalue weighted by Crippen LogP contribution is -2.55. The SMILES string of the molecule is CC(C)CC(C)(COc1cc(F)c(-c2ccnc(C(F)F)c2)cc1F)NC(=O)[O-].